The van der Waals surface area contributed by atoms with E-state index in [9.17, 15) is 34.2 Å². The smallest absolute Gasteiger partial charge is 0.266 e. The summed E-state index contributed by atoms with van der Waals surface area (Å²) in [5.41, 5.74) is 1.20. The highest BCUT2D eigenvalue weighted by atomic mass is 16.3. The third-order valence-electron chi connectivity index (χ3n) is 6.51. The van der Waals surface area contributed by atoms with E-state index in [1.165, 1.54) is 84.9 Å². The van der Waals surface area contributed by atoms with Crippen LogP contribution in [0.5, 0.6) is 11.5 Å². The van der Waals surface area contributed by atoms with Gasteiger partial charge in [0.25, 0.3) is 23.6 Å². The van der Waals surface area contributed by atoms with Crippen molar-refractivity contribution >= 4 is 40.8 Å². The third kappa shape index (κ3) is 3.37. The number of benzene rings is 4. The zero-order valence-corrected chi connectivity index (χ0v) is 19.4. The van der Waals surface area contributed by atoms with E-state index in [1.54, 1.807) is 0 Å². The van der Waals surface area contributed by atoms with Crippen molar-refractivity contribution in [2.45, 2.75) is 0 Å². The van der Waals surface area contributed by atoms with Crippen LogP contribution in [-0.4, -0.2) is 39.6 Å². The van der Waals surface area contributed by atoms with Crippen LogP contribution in [0.15, 0.2) is 84.9 Å². The van der Waals surface area contributed by atoms with Crippen molar-refractivity contribution in [1.82, 2.24) is 0 Å². The van der Waals surface area contributed by atoms with E-state index in [2.05, 4.69) is 0 Å². The number of fused-ring (bicyclic) bond motifs is 2. The molecule has 0 aromatic heterocycles. The van der Waals surface area contributed by atoms with Gasteiger partial charge in [0.2, 0.25) is 0 Å². The van der Waals surface area contributed by atoms with Crippen LogP contribution in [0.1, 0.15) is 57.4 Å². The summed E-state index contributed by atoms with van der Waals surface area (Å²) in [6.45, 7) is 0. The molecule has 0 bridgehead atoms. The zero-order valence-electron chi connectivity index (χ0n) is 19.4. The lowest BCUT2D eigenvalue weighted by Crippen LogP contribution is -2.29. The molecule has 9 heteroatoms. The number of phenols is 2. The predicted octanol–water partition coefficient (Wildman–Crippen LogP) is 3.93. The minimum absolute atomic E-state index is 0.0149. The second-order valence-electron chi connectivity index (χ2n) is 8.77. The van der Waals surface area contributed by atoms with Crippen molar-refractivity contribution in [3.8, 4) is 11.5 Å². The largest absolute Gasteiger partial charge is 0.508 e. The molecule has 0 atom stereocenters. The highest BCUT2D eigenvalue weighted by molar-refractivity contribution is 6.36. The van der Waals surface area contributed by atoms with Crippen molar-refractivity contribution in [2.24, 2.45) is 0 Å². The van der Waals surface area contributed by atoms with Gasteiger partial charge in [-0.3, -0.25) is 24.0 Å². The highest BCUT2D eigenvalue weighted by Crippen LogP contribution is 2.32. The van der Waals surface area contributed by atoms with Gasteiger partial charge in [0.15, 0.2) is 5.78 Å². The molecule has 0 saturated heterocycles. The summed E-state index contributed by atoms with van der Waals surface area (Å²) in [6, 6.07) is 19.5. The molecular weight excluding hydrogens is 488 g/mol. The highest BCUT2D eigenvalue weighted by Gasteiger charge is 2.39. The maximum absolute atomic E-state index is 13.3. The molecule has 0 aliphatic carbocycles. The van der Waals surface area contributed by atoms with Gasteiger partial charge in [-0.2, -0.15) is 0 Å². The number of ketones is 1. The molecule has 184 valence electrons. The first-order valence-electron chi connectivity index (χ1n) is 11.4. The molecule has 38 heavy (non-hydrogen) atoms. The van der Waals surface area contributed by atoms with Crippen LogP contribution in [-0.2, 0) is 0 Å². The number of amides is 4. The number of hydrogen-bond acceptors (Lipinski definition) is 7. The van der Waals surface area contributed by atoms with Crippen molar-refractivity contribution in [3.05, 3.63) is 118 Å². The molecule has 2 N–H and O–H groups in total. The maximum Gasteiger partial charge on any atom is 0.266 e. The predicted molar refractivity (Wildman–Crippen MR) is 135 cm³/mol. The van der Waals surface area contributed by atoms with Crippen LogP contribution in [0.25, 0.3) is 0 Å². The Balaban J connectivity index is 1.31. The van der Waals surface area contributed by atoms with E-state index in [0.717, 1.165) is 9.80 Å². The Morgan fingerprint density at radius 2 is 0.816 bits per heavy atom. The van der Waals surface area contributed by atoms with Crippen molar-refractivity contribution in [2.75, 3.05) is 9.80 Å². The summed E-state index contributed by atoms with van der Waals surface area (Å²) >= 11 is 0. The van der Waals surface area contributed by atoms with Gasteiger partial charge in [-0.25, -0.2) is 9.80 Å². The first-order chi connectivity index (χ1) is 18.2. The molecule has 2 aliphatic rings. The number of anilines is 2. The molecule has 4 aromatic carbocycles. The quantitative estimate of drug-likeness (QED) is 0.318. The van der Waals surface area contributed by atoms with Crippen molar-refractivity contribution < 1.29 is 34.2 Å². The minimum atomic E-state index is -0.607. The van der Waals surface area contributed by atoms with Gasteiger partial charge in [0, 0.05) is 11.1 Å². The van der Waals surface area contributed by atoms with E-state index in [0.29, 0.717) is 0 Å². The number of imide groups is 2. The standard InChI is InChI=1S/C29H16N2O7/c32-19-7-3-17(4-8-19)30-26(35)21-11-1-15(13-23(21)28(30)37)25(34)16-2-12-22-24(14-16)29(38)31(27(22)36)18-5-9-20(33)10-6-18/h1-14,32-33H. The molecule has 6 rings (SSSR count). The van der Waals surface area contributed by atoms with E-state index in [1.807, 2.05) is 0 Å². The monoisotopic (exact) mass is 504 g/mol. The Labute approximate surface area is 214 Å². The number of carbonyl (C=O) groups is 5. The van der Waals surface area contributed by atoms with E-state index in [4.69, 9.17) is 0 Å². The summed E-state index contributed by atoms with van der Waals surface area (Å²) in [4.78, 5) is 67.1. The van der Waals surface area contributed by atoms with Crippen LogP contribution in [0.4, 0.5) is 11.4 Å². The van der Waals surface area contributed by atoms with Crippen LogP contribution in [0, 0.1) is 0 Å². The number of hydrogen-bond donors (Lipinski definition) is 2. The van der Waals surface area contributed by atoms with Crippen LogP contribution < -0.4 is 9.80 Å². The van der Waals surface area contributed by atoms with Crippen LogP contribution >= 0.6 is 0 Å². The van der Waals surface area contributed by atoms with Crippen molar-refractivity contribution in [1.29, 1.82) is 0 Å². The van der Waals surface area contributed by atoms with Crippen LogP contribution in [0.2, 0.25) is 0 Å². The zero-order chi connectivity index (χ0) is 26.7. The molecule has 2 aliphatic heterocycles. The fourth-order valence-electron chi connectivity index (χ4n) is 4.60. The average molecular weight is 504 g/mol. The van der Waals surface area contributed by atoms with Gasteiger partial charge in [0.05, 0.1) is 33.6 Å². The van der Waals surface area contributed by atoms with Crippen molar-refractivity contribution in [3.63, 3.8) is 0 Å². The van der Waals surface area contributed by atoms with Gasteiger partial charge in [-0.1, -0.05) is 12.1 Å². The van der Waals surface area contributed by atoms with Gasteiger partial charge >= 0.3 is 0 Å². The minimum Gasteiger partial charge on any atom is -0.508 e. The molecule has 0 unspecified atom stereocenters. The molecule has 0 fully saturated rings. The number of rotatable bonds is 4. The SMILES string of the molecule is O=C(c1ccc2c(c1)C(=O)N(c1ccc(O)cc1)C2=O)c1ccc2c(c1)C(=O)N(c1ccc(O)cc1)C2=O. The first kappa shape index (κ1) is 22.9. The van der Waals surface area contributed by atoms with Crippen LogP contribution in [0.3, 0.4) is 0 Å². The van der Waals surface area contributed by atoms with E-state index in [-0.39, 0.29) is 56.3 Å². The molecule has 0 spiro atoms. The Kier molecular flexibility index (Phi) is 4.96. The molecule has 0 radical (unpaired) electrons. The lowest BCUT2D eigenvalue weighted by Gasteiger charge is -2.13. The lowest BCUT2D eigenvalue weighted by atomic mass is 9.96. The summed E-state index contributed by atoms with van der Waals surface area (Å²) in [6.07, 6.45) is 0. The normalized spacial score (nSPS) is 14.2. The average Bonchev–Trinajstić information content (AvgIpc) is 3.33. The number of carbonyl (C=O) groups excluding carboxylic acids is 5. The second-order valence-corrected chi connectivity index (χ2v) is 8.77. The van der Waals surface area contributed by atoms with Gasteiger partial charge < -0.3 is 10.2 Å². The molecular formula is C29H16N2O7. The number of phenolic OH excluding ortho intramolecular Hbond substituents is 2. The fraction of sp³-hybridized carbons (Fsp3) is 0. The third-order valence-corrected chi connectivity index (χ3v) is 6.51. The fourth-order valence-corrected chi connectivity index (χ4v) is 4.60. The number of aromatic hydroxyl groups is 2. The van der Waals surface area contributed by atoms with Gasteiger partial charge in [-0.05, 0) is 72.8 Å². The Hall–Kier alpha value is -5.57. The summed E-state index contributed by atoms with van der Waals surface area (Å²) < 4.78 is 0. The Morgan fingerprint density at radius 3 is 1.18 bits per heavy atom. The number of nitrogens with zero attached hydrogens (tertiary/aromatic N) is 2. The maximum atomic E-state index is 13.3. The molecule has 9 nitrogen and oxygen atoms in total. The topological polar surface area (TPSA) is 132 Å². The summed E-state index contributed by atoms with van der Waals surface area (Å²) in [5, 5.41) is 19.0. The Bertz CT molecular complexity index is 1600. The molecule has 4 amide bonds. The first-order valence-corrected chi connectivity index (χ1v) is 11.4. The van der Waals surface area contributed by atoms with E-state index < -0.39 is 29.4 Å². The molecule has 4 aromatic rings. The molecule has 0 saturated carbocycles. The summed E-state index contributed by atoms with van der Waals surface area (Å²) in [5.74, 6) is -2.84. The summed E-state index contributed by atoms with van der Waals surface area (Å²) in [7, 11) is 0. The van der Waals surface area contributed by atoms with Gasteiger partial charge in [0.1, 0.15) is 11.5 Å². The van der Waals surface area contributed by atoms with Gasteiger partial charge in [-0.15, -0.1) is 0 Å². The van der Waals surface area contributed by atoms with E-state index >= 15 is 0 Å². The Morgan fingerprint density at radius 1 is 0.474 bits per heavy atom. The second kappa shape index (κ2) is 8.24. The molecule has 2 heterocycles. The lowest BCUT2D eigenvalue weighted by molar-refractivity contribution is 0.0910.